The molecular formula is C32H40FN7O8. The maximum absolute atomic E-state index is 15.2. The van der Waals surface area contributed by atoms with Crippen LogP contribution in [0.1, 0.15) is 48.5 Å². The number of carbonyl (C=O) groups is 3. The Morgan fingerprint density at radius 2 is 1.69 bits per heavy atom. The molecule has 0 unspecified atom stereocenters. The molecule has 1 atom stereocenters. The average Bonchev–Trinajstić information content (AvgIpc) is 3.00. The van der Waals surface area contributed by atoms with Crippen molar-refractivity contribution in [2.75, 3.05) is 36.9 Å². The minimum absolute atomic E-state index is 0.106. The molecule has 16 heteroatoms. The molecule has 3 amide bonds. The van der Waals surface area contributed by atoms with Gasteiger partial charge in [0.05, 0.1) is 33.2 Å². The lowest BCUT2D eigenvalue weighted by atomic mass is 10.0. The van der Waals surface area contributed by atoms with Crippen molar-refractivity contribution in [2.45, 2.75) is 65.7 Å². The highest BCUT2D eigenvalue weighted by atomic mass is 19.1. The van der Waals surface area contributed by atoms with Gasteiger partial charge in [-0.25, -0.2) is 28.8 Å². The number of pyridine rings is 1. The summed E-state index contributed by atoms with van der Waals surface area (Å²) in [6, 6.07) is 4.07. The number of benzene rings is 1. The summed E-state index contributed by atoms with van der Waals surface area (Å²) in [5.41, 5.74) is -1.80. The molecule has 0 fully saturated rings. The van der Waals surface area contributed by atoms with Crippen molar-refractivity contribution in [3.05, 3.63) is 36.3 Å². The zero-order valence-corrected chi connectivity index (χ0v) is 28.5. The number of aromatic nitrogens is 3. The van der Waals surface area contributed by atoms with Gasteiger partial charge in [0.25, 0.3) is 5.91 Å². The first-order valence-corrected chi connectivity index (χ1v) is 14.9. The number of nitrogens with zero attached hydrogens (tertiary/aromatic N) is 4. The lowest BCUT2D eigenvalue weighted by Gasteiger charge is -2.30. The first-order valence-electron chi connectivity index (χ1n) is 14.9. The van der Waals surface area contributed by atoms with Gasteiger partial charge in [-0.2, -0.15) is 4.98 Å². The second-order valence-electron chi connectivity index (χ2n) is 12.5. The summed E-state index contributed by atoms with van der Waals surface area (Å²) in [5, 5.41) is 8.13. The molecule has 1 aromatic carbocycles. The van der Waals surface area contributed by atoms with E-state index in [1.54, 1.807) is 54.5 Å². The zero-order chi connectivity index (χ0) is 35.6. The van der Waals surface area contributed by atoms with Crippen molar-refractivity contribution in [2.24, 2.45) is 5.92 Å². The van der Waals surface area contributed by atoms with Crippen molar-refractivity contribution >= 4 is 47.0 Å². The largest absolute Gasteiger partial charge is 0.493 e. The first kappa shape index (κ1) is 35.4. The van der Waals surface area contributed by atoms with Crippen LogP contribution in [-0.4, -0.2) is 71.4 Å². The minimum atomic E-state index is -1.10. The van der Waals surface area contributed by atoms with Gasteiger partial charge in [0.15, 0.2) is 40.3 Å². The number of halogens is 1. The predicted molar refractivity (Wildman–Crippen MR) is 174 cm³/mol. The number of methoxy groups -OCH3 is 3. The molecule has 3 heterocycles. The lowest BCUT2D eigenvalue weighted by molar-refractivity contribution is -0.158. The summed E-state index contributed by atoms with van der Waals surface area (Å²) in [4.78, 5) is 53.4. The third-order valence-corrected chi connectivity index (χ3v) is 6.90. The zero-order valence-electron chi connectivity index (χ0n) is 28.5. The molecule has 4 rings (SSSR count). The molecule has 0 bridgehead atoms. The van der Waals surface area contributed by atoms with E-state index in [0.29, 0.717) is 5.75 Å². The van der Waals surface area contributed by atoms with E-state index in [4.69, 9.17) is 23.7 Å². The molecule has 0 radical (unpaired) electrons. The van der Waals surface area contributed by atoms with Crippen molar-refractivity contribution in [3.63, 3.8) is 0 Å². The van der Waals surface area contributed by atoms with E-state index in [-0.39, 0.29) is 52.3 Å². The Bertz CT molecular complexity index is 1690. The first-order chi connectivity index (χ1) is 22.5. The number of urea groups is 1. The number of anilines is 5. The number of hydrogen-bond acceptors (Lipinski definition) is 12. The molecule has 258 valence electrons. The molecule has 48 heavy (non-hydrogen) atoms. The summed E-state index contributed by atoms with van der Waals surface area (Å²) in [6.07, 6.45) is 0.864. The van der Waals surface area contributed by atoms with Gasteiger partial charge in [0, 0.05) is 12.1 Å². The van der Waals surface area contributed by atoms with E-state index < -0.39 is 41.0 Å². The van der Waals surface area contributed by atoms with Gasteiger partial charge in [-0.1, -0.05) is 13.8 Å². The summed E-state index contributed by atoms with van der Waals surface area (Å²) in [7, 11) is 4.23. The molecule has 3 aromatic rings. The van der Waals surface area contributed by atoms with Crippen molar-refractivity contribution < 1.29 is 42.5 Å². The summed E-state index contributed by atoms with van der Waals surface area (Å²) in [6.45, 7) is 11.9. The minimum Gasteiger partial charge on any atom is -0.493 e. The van der Waals surface area contributed by atoms with Crippen LogP contribution >= 0.6 is 0 Å². The SMILES string of the molecule is COc1cc(N(C(=O)N[C@H](C(=O)OC(C)(C)C)C(C)C)c2ncc(F)c(Nc3ccc4c(n3)NC(=O)C(C)(C)O4)n2)cc(OC)c1OC. The number of carbonyl (C=O) groups excluding carboxylic acids is 3. The Kier molecular flexibility index (Phi) is 10.2. The Balaban J connectivity index is 1.79. The lowest BCUT2D eigenvalue weighted by Crippen LogP contribution is -2.51. The van der Waals surface area contributed by atoms with Gasteiger partial charge >= 0.3 is 12.0 Å². The smallest absolute Gasteiger partial charge is 0.329 e. The highest BCUT2D eigenvalue weighted by Crippen LogP contribution is 2.42. The number of rotatable bonds is 10. The van der Waals surface area contributed by atoms with Crippen LogP contribution in [0.4, 0.5) is 38.3 Å². The van der Waals surface area contributed by atoms with Crippen LogP contribution in [0.5, 0.6) is 23.0 Å². The predicted octanol–water partition coefficient (Wildman–Crippen LogP) is 5.10. The van der Waals surface area contributed by atoms with Gasteiger partial charge < -0.3 is 39.6 Å². The molecule has 0 aliphatic carbocycles. The van der Waals surface area contributed by atoms with Crippen LogP contribution in [0.3, 0.4) is 0 Å². The molecule has 15 nitrogen and oxygen atoms in total. The second-order valence-corrected chi connectivity index (χ2v) is 12.5. The molecule has 0 saturated carbocycles. The van der Waals surface area contributed by atoms with Crippen LogP contribution in [0, 0.1) is 11.7 Å². The average molecular weight is 670 g/mol. The maximum atomic E-state index is 15.2. The fourth-order valence-corrected chi connectivity index (χ4v) is 4.52. The molecular weight excluding hydrogens is 629 g/mol. The van der Waals surface area contributed by atoms with E-state index in [2.05, 4.69) is 30.9 Å². The number of hydrogen-bond donors (Lipinski definition) is 3. The van der Waals surface area contributed by atoms with E-state index in [0.717, 1.165) is 11.1 Å². The fraction of sp³-hybridized carbons (Fsp3) is 0.438. The van der Waals surface area contributed by atoms with Gasteiger partial charge in [0.2, 0.25) is 11.7 Å². The highest BCUT2D eigenvalue weighted by Gasteiger charge is 2.37. The van der Waals surface area contributed by atoms with Gasteiger partial charge in [-0.05, 0) is 52.7 Å². The van der Waals surface area contributed by atoms with Crippen LogP contribution in [0.15, 0.2) is 30.5 Å². The third-order valence-electron chi connectivity index (χ3n) is 6.90. The van der Waals surface area contributed by atoms with Gasteiger partial charge in [-0.15, -0.1) is 0 Å². The van der Waals surface area contributed by atoms with E-state index in [1.807, 2.05) is 0 Å². The summed E-state index contributed by atoms with van der Waals surface area (Å²) >= 11 is 0. The van der Waals surface area contributed by atoms with Crippen LogP contribution in [0.2, 0.25) is 0 Å². The van der Waals surface area contributed by atoms with Gasteiger partial charge in [0.1, 0.15) is 17.5 Å². The van der Waals surface area contributed by atoms with Crippen LogP contribution < -0.4 is 39.8 Å². The number of fused-ring (bicyclic) bond motifs is 1. The topological polar surface area (TPSA) is 175 Å². The second kappa shape index (κ2) is 13.8. The Labute approximate surface area is 277 Å². The Morgan fingerprint density at radius 3 is 2.25 bits per heavy atom. The standard InChI is InChI=1S/C32H40FN7O8/c1-16(2)23(27(41)48-31(3,4)5)37-30(43)40(17-13-20(44-8)24(46-10)21(14-17)45-9)29-34-15-18(33)25(39-29)35-22-12-11-19-26(36-22)38-28(42)32(6,7)47-19/h11-16,23H,1-10H3,(H,37,43)(H2,34,35,36,38,39,42)/t23-/m0/s1. The Morgan fingerprint density at radius 1 is 1.04 bits per heavy atom. The van der Waals surface area contributed by atoms with E-state index in [9.17, 15) is 14.4 Å². The molecule has 3 N–H and O–H groups in total. The van der Waals surface area contributed by atoms with Crippen molar-refractivity contribution in [1.29, 1.82) is 0 Å². The van der Waals surface area contributed by atoms with E-state index >= 15 is 4.39 Å². The third kappa shape index (κ3) is 7.75. The summed E-state index contributed by atoms with van der Waals surface area (Å²) < 4.78 is 42.9. The number of nitrogens with one attached hydrogen (secondary N) is 3. The van der Waals surface area contributed by atoms with Crippen molar-refractivity contribution in [3.8, 4) is 23.0 Å². The quantitative estimate of drug-likeness (QED) is 0.244. The highest BCUT2D eigenvalue weighted by molar-refractivity contribution is 6.01. The van der Waals surface area contributed by atoms with Crippen LogP contribution in [0.25, 0.3) is 0 Å². The number of esters is 1. The van der Waals surface area contributed by atoms with Crippen LogP contribution in [-0.2, 0) is 14.3 Å². The fourth-order valence-electron chi connectivity index (χ4n) is 4.52. The molecule has 0 spiro atoms. The molecule has 2 aromatic heterocycles. The summed E-state index contributed by atoms with van der Waals surface area (Å²) in [5.74, 6) is -1.78. The molecule has 1 aliphatic rings. The van der Waals surface area contributed by atoms with E-state index in [1.165, 1.54) is 39.5 Å². The number of amides is 3. The number of ether oxygens (including phenoxy) is 5. The maximum Gasteiger partial charge on any atom is 0.329 e. The van der Waals surface area contributed by atoms with Gasteiger partial charge in [-0.3, -0.25) is 4.79 Å². The van der Waals surface area contributed by atoms with Crippen molar-refractivity contribution in [1.82, 2.24) is 20.3 Å². The normalized spacial score (nSPS) is 14.1. The monoisotopic (exact) mass is 669 g/mol. The Hall–Kier alpha value is -5.41. The molecule has 0 saturated heterocycles. The molecule has 1 aliphatic heterocycles.